The fourth-order valence-electron chi connectivity index (χ4n) is 3.38. The Kier molecular flexibility index (Phi) is 10.7. The van der Waals surface area contributed by atoms with Gasteiger partial charge >= 0.3 is 8.56 Å². The highest BCUT2D eigenvalue weighted by molar-refractivity contribution is 6.66. The van der Waals surface area contributed by atoms with Crippen LogP contribution in [0.25, 0.3) is 0 Å². The maximum absolute atomic E-state index is 6.47. The van der Waals surface area contributed by atoms with Gasteiger partial charge in [-0.15, -0.1) is 0 Å². The van der Waals surface area contributed by atoms with Crippen molar-refractivity contribution in [3.8, 4) is 5.75 Å². The Bertz CT molecular complexity index is 535. The monoisotopic (exact) mass is 425 g/mol. The summed E-state index contributed by atoms with van der Waals surface area (Å²) in [5.41, 5.74) is 0. The molecule has 158 valence electrons. The molecule has 6 nitrogen and oxygen atoms in total. The zero-order valence-electron chi connectivity index (χ0n) is 17.7. The molecule has 0 bridgehead atoms. The van der Waals surface area contributed by atoms with Gasteiger partial charge in [-0.05, 0) is 50.7 Å². The number of benzene rings is 1. The lowest BCUT2D eigenvalue weighted by atomic mass is 10.3. The summed E-state index contributed by atoms with van der Waals surface area (Å²) in [5.74, 6) is 0.808. The number of hydrogen-bond donors (Lipinski definition) is 0. The number of rotatable bonds is 11. The van der Waals surface area contributed by atoms with Crippen LogP contribution in [-0.4, -0.2) is 82.6 Å². The number of nitrogens with zero attached hydrogens (tertiary/aromatic N) is 1. The van der Waals surface area contributed by atoms with Gasteiger partial charge < -0.3 is 28.0 Å². The maximum Gasteiger partial charge on any atom is 0.335 e. The second-order valence-corrected chi connectivity index (χ2v) is 12.0. The zero-order valence-corrected chi connectivity index (χ0v) is 19.7. The summed E-state index contributed by atoms with van der Waals surface area (Å²) in [5, 5.41) is 0. The number of ether oxygens (including phenoxy) is 3. The van der Waals surface area contributed by atoms with Crippen molar-refractivity contribution < 1.29 is 23.1 Å². The lowest BCUT2D eigenvalue weighted by Crippen LogP contribution is -2.50. The van der Waals surface area contributed by atoms with Crippen LogP contribution in [0.5, 0.6) is 5.75 Å². The standard InChI is InChI=1S/C20H35NO5Si2/c1-22-20(23-2)27-14-8-12-21-13-9-15-28(4,24-3)26-19(16-21)17-25-18-10-6-5-7-11-18/h5-7,10-11,19-20H,8-9,12-17H2,1-4H3. The van der Waals surface area contributed by atoms with Crippen molar-refractivity contribution in [2.45, 2.75) is 43.5 Å². The first-order valence-electron chi connectivity index (χ1n) is 10.0. The van der Waals surface area contributed by atoms with E-state index in [2.05, 4.69) is 11.4 Å². The number of methoxy groups -OCH3 is 2. The van der Waals surface area contributed by atoms with Crippen molar-refractivity contribution in [1.29, 1.82) is 0 Å². The molecule has 8 heteroatoms. The third kappa shape index (κ3) is 8.32. The third-order valence-electron chi connectivity index (χ3n) is 4.98. The predicted molar refractivity (Wildman–Crippen MR) is 114 cm³/mol. The molecule has 1 aromatic rings. The Morgan fingerprint density at radius 1 is 1.21 bits per heavy atom. The van der Waals surface area contributed by atoms with E-state index in [0.29, 0.717) is 16.1 Å². The Morgan fingerprint density at radius 2 is 1.96 bits per heavy atom. The van der Waals surface area contributed by atoms with Crippen molar-refractivity contribution in [3.05, 3.63) is 30.3 Å². The van der Waals surface area contributed by atoms with Gasteiger partial charge in [0.15, 0.2) is 0 Å². The minimum Gasteiger partial charge on any atom is -0.491 e. The van der Waals surface area contributed by atoms with Crippen LogP contribution in [0.4, 0.5) is 0 Å². The fraction of sp³-hybridized carbons (Fsp3) is 0.700. The smallest absolute Gasteiger partial charge is 0.335 e. The summed E-state index contributed by atoms with van der Waals surface area (Å²) in [4.78, 5) is 2.50. The van der Waals surface area contributed by atoms with Crippen LogP contribution in [0, 0.1) is 0 Å². The molecule has 1 aliphatic rings. The summed E-state index contributed by atoms with van der Waals surface area (Å²) in [7, 11) is 3.72. The van der Waals surface area contributed by atoms with Gasteiger partial charge in [0.25, 0.3) is 0 Å². The highest BCUT2D eigenvalue weighted by Crippen LogP contribution is 2.22. The van der Waals surface area contributed by atoms with Crippen molar-refractivity contribution in [2.75, 3.05) is 47.6 Å². The fourth-order valence-corrected chi connectivity index (χ4v) is 6.38. The summed E-state index contributed by atoms with van der Waals surface area (Å²) in [6, 6.07) is 12.1. The zero-order chi connectivity index (χ0) is 20.2. The van der Waals surface area contributed by atoms with Gasteiger partial charge in [0, 0.05) is 27.9 Å². The van der Waals surface area contributed by atoms with Gasteiger partial charge in [0.1, 0.15) is 27.8 Å². The second kappa shape index (κ2) is 12.7. The van der Waals surface area contributed by atoms with Gasteiger partial charge in [-0.25, -0.2) is 0 Å². The Labute approximate surface area is 173 Å². The lowest BCUT2D eigenvalue weighted by Gasteiger charge is -2.37. The second-order valence-electron chi connectivity index (χ2n) is 7.22. The molecule has 2 unspecified atom stereocenters. The number of hydrogen-bond acceptors (Lipinski definition) is 6. The van der Waals surface area contributed by atoms with Gasteiger partial charge in [0.2, 0.25) is 0 Å². The summed E-state index contributed by atoms with van der Waals surface area (Å²) < 4.78 is 28.8. The number of para-hydroxylation sites is 1. The molecule has 28 heavy (non-hydrogen) atoms. The van der Waals surface area contributed by atoms with E-state index in [9.17, 15) is 0 Å². The quantitative estimate of drug-likeness (QED) is 0.309. The molecule has 0 spiro atoms. The molecule has 1 saturated heterocycles. The van der Waals surface area contributed by atoms with E-state index in [0.717, 1.165) is 50.3 Å². The molecule has 1 aliphatic heterocycles. The molecule has 0 N–H and O–H groups in total. The van der Waals surface area contributed by atoms with Crippen LogP contribution < -0.4 is 4.74 Å². The first-order valence-corrected chi connectivity index (χ1v) is 13.8. The van der Waals surface area contributed by atoms with E-state index in [1.807, 2.05) is 30.3 Å². The van der Waals surface area contributed by atoms with Crippen LogP contribution in [0.2, 0.25) is 18.6 Å². The average Bonchev–Trinajstić information content (AvgIpc) is 2.71. The molecule has 0 amide bonds. The highest BCUT2D eigenvalue weighted by Gasteiger charge is 2.36. The summed E-state index contributed by atoms with van der Waals surface area (Å²) in [6.07, 6.45) is 2.27. The van der Waals surface area contributed by atoms with Crippen LogP contribution >= 0.6 is 0 Å². The molecule has 2 rings (SSSR count). The molecular weight excluding hydrogens is 390 g/mol. The minimum absolute atomic E-state index is 0.0188. The normalized spacial score (nSPS) is 24.1. The van der Waals surface area contributed by atoms with Crippen LogP contribution in [0.3, 0.4) is 0 Å². The van der Waals surface area contributed by atoms with Crippen LogP contribution in [0.1, 0.15) is 12.8 Å². The van der Waals surface area contributed by atoms with Crippen LogP contribution in [0.15, 0.2) is 30.3 Å². The van der Waals surface area contributed by atoms with E-state index in [1.165, 1.54) is 0 Å². The van der Waals surface area contributed by atoms with E-state index < -0.39 is 8.56 Å². The first-order chi connectivity index (χ1) is 13.6. The topological polar surface area (TPSA) is 49.4 Å². The Balaban J connectivity index is 1.86. The van der Waals surface area contributed by atoms with Crippen LogP contribution in [-0.2, 0) is 18.3 Å². The molecule has 2 radical (unpaired) electrons. The van der Waals surface area contributed by atoms with E-state index >= 15 is 0 Å². The van der Waals surface area contributed by atoms with Gasteiger partial charge in [-0.2, -0.15) is 0 Å². The van der Waals surface area contributed by atoms with Gasteiger partial charge in [0.05, 0.1) is 6.10 Å². The van der Waals surface area contributed by atoms with E-state index in [4.69, 9.17) is 23.1 Å². The predicted octanol–water partition coefficient (Wildman–Crippen LogP) is 2.96. The SMILES string of the molecule is COC(OC)[Si]CCCN1CCC[Si](C)(OC)OC(COc2ccccc2)C1. The van der Waals surface area contributed by atoms with Crippen molar-refractivity contribution in [3.63, 3.8) is 0 Å². The summed E-state index contributed by atoms with van der Waals surface area (Å²) >= 11 is 0. The largest absolute Gasteiger partial charge is 0.491 e. The molecule has 2 atom stereocenters. The van der Waals surface area contributed by atoms with E-state index in [1.54, 1.807) is 21.3 Å². The first kappa shape index (κ1) is 23.5. The van der Waals surface area contributed by atoms with Crippen molar-refractivity contribution >= 4 is 18.1 Å². The van der Waals surface area contributed by atoms with Crippen molar-refractivity contribution in [2.24, 2.45) is 0 Å². The maximum atomic E-state index is 6.47. The Morgan fingerprint density at radius 3 is 2.64 bits per heavy atom. The van der Waals surface area contributed by atoms with Gasteiger partial charge in [-0.1, -0.05) is 24.2 Å². The molecule has 1 heterocycles. The van der Waals surface area contributed by atoms with E-state index in [-0.39, 0.29) is 12.0 Å². The summed E-state index contributed by atoms with van der Waals surface area (Å²) in [6.45, 7) is 5.72. The van der Waals surface area contributed by atoms with Gasteiger partial charge in [-0.3, -0.25) is 0 Å². The molecule has 0 aromatic heterocycles. The Hall–Kier alpha value is -0.746. The highest BCUT2D eigenvalue weighted by atomic mass is 28.4. The van der Waals surface area contributed by atoms with Crippen molar-refractivity contribution in [1.82, 2.24) is 4.90 Å². The third-order valence-corrected chi connectivity index (χ3v) is 9.39. The molecule has 1 fully saturated rings. The molecular formula is C20H35NO5Si2. The molecule has 1 aromatic carbocycles. The average molecular weight is 426 g/mol. The molecule has 0 saturated carbocycles. The molecule has 0 aliphatic carbocycles. The minimum atomic E-state index is -2.13. The lowest BCUT2D eigenvalue weighted by molar-refractivity contribution is -0.0441.